The molecule has 2 N–H and O–H groups in total. The second-order valence-electron chi connectivity index (χ2n) is 3.22. The summed E-state index contributed by atoms with van der Waals surface area (Å²) < 4.78 is 31.2. The van der Waals surface area contributed by atoms with Crippen molar-refractivity contribution >= 4 is 53.5 Å². The van der Waals surface area contributed by atoms with Crippen LogP contribution >= 0.6 is 31.9 Å². The molecule has 0 aliphatic carbocycles. The van der Waals surface area contributed by atoms with Crippen molar-refractivity contribution in [3.63, 3.8) is 0 Å². The molecule has 1 aromatic carbocycles. The van der Waals surface area contributed by atoms with Gasteiger partial charge in [0.15, 0.2) is 5.75 Å². The number of nitrogens with one attached hydrogen (secondary N) is 1. The van der Waals surface area contributed by atoms with Gasteiger partial charge in [0.2, 0.25) is 10.0 Å². The Labute approximate surface area is 121 Å². The van der Waals surface area contributed by atoms with Crippen molar-refractivity contribution in [3.05, 3.63) is 21.1 Å². The predicted molar refractivity (Wildman–Crippen MR) is 73.4 cm³/mol. The molecule has 1 aromatic rings. The van der Waals surface area contributed by atoms with Gasteiger partial charge < -0.3 is 9.84 Å². The summed E-state index contributed by atoms with van der Waals surface area (Å²) in [4.78, 5) is 10.4. The summed E-state index contributed by atoms with van der Waals surface area (Å²) in [5, 5.41) is 8.48. The fourth-order valence-corrected chi connectivity index (χ4v) is 3.42. The van der Waals surface area contributed by atoms with Crippen molar-refractivity contribution in [2.75, 3.05) is 17.6 Å². The van der Waals surface area contributed by atoms with Crippen LogP contribution in [0.3, 0.4) is 0 Å². The second-order valence-corrected chi connectivity index (χ2v) is 6.65. The van der Waals surface area contributed by atoms with Crippen LogP contribution in [0.15, 0.2) is 21.1 Å². The summed E-state index contributed by atoms with van der Waals surface area (Å²) in [6.45, 7) is 0. The van der Waals surface area contributed by atoms with E-state index in [4.69, 9.17) is 9.84 Å². The molecule has 0 aromatic heterocycles. The Kier molecular flexibility index (Phi) is 5.00. The van der Waals surface area contributed by atoms with Crippen LogP contribution < -0.4 is 9.46 Å². The summed E-state index contributed by atoms with van der Waals surface area (Å²) >= 11 is 6.40. The van der Waals surface area contributed by atoms with Crippen LogP contribution in [0, 0.1) is 0 Å². The van der Waals surface area contributed by atoms with E-state index in [0.717, 1.165) is 0 Å². The summed E-state index contributed by atoms with van der Waals surface area (Å²) in [5.41, 5.74) is 0.205. The minimum Gasteiger partial charge on any atom is -0.495 e. The van der Waals surface area contributed by atoms with Crippen molar-refractivity contribution < 1.29 is 23.1 Å². The lowest BCUT2D eigenvalue weighted by molar-refractivity contribution is -0.134. The standard InChI is InChI=1S/C9H9Br2NO5S/c1-17-8-3-7(5(10)2-6(8)11)12-18(15,16)4-9(13)14/h2-3,12H,4H2,1H3,(H,13,14). The molecule has 0 radical (unpaired) electrons. The third-order valence-corrected chi connectivity index (χ3v) is 4.25. The minimum absolute atomic E-state index is 0.205. The maximum absolute atomic E-state index is 11.5. The summed E-state index contributed by atoms with van der Waals surface area (Å²) in [5.74, 6) is -2.01. The Bertz CT molecular complexity index is 573. The van der Waals surface area contributed by atoms with Gasteiger partial charge in [0, 0.05) is 10.5 Å². The van der Waals surface area contributed by atoms with Gasteiger partial charge in [-0.1, -0.05) is 0 Å². The van der Waals surface area contributed by atoms with Crippen molar-refractivity contribution in [1.29, 1.82) is 0 Å². The van der Waals surface area contributed by atoms with Gasteiger partial charge in [0.25, 0.3) is 0 Å². The molecule has 0 amide bonds. The van der Waals surface area contributed by atoms with Crippen LogP contribution in [0.1, 0.15) is 0 Å². The number of anilines is 1. The molecule has 0 aliphatic heterocycles. The van der Waals surface area contributed by atoms with E-state index in [1.165, 1.54) is 13.2 Å². The average Bonchev–Trinajstić information content (AvgIpc) is 2.19. The number of hydrogen-bond acceptors (Lipinski definition) is 4. The molecule has 0 bridgehead atoms. The normalized spacial score (nSPS) is 11.1. The van der Waals surface area contributed by atoms with E-state index in [0.29, 0.717) is 14.7 Å². The molecule has 0 atom stereocenters. The topological polar surface area (TPSA) is 92.7 Å². The molecule has 100 valence electrons. The molecule has 0 saturated carbocycles. The number of hydrogen-bond donors (Lipinski definition) is 2. The highest BCUT2D eigenvalue weighted by Gasteiger charge is 2.18. The smallest absolute Gasteiger partial charge is 0.320 e. The number of carboxylic acids is 1. The number of carbonyl (C=O) groups is 1. The Morgan fingerprint density at radius 3 is 2.50 bits per heavy atom. The first-order valence-electron chi connectivity index (χ1n) is 4.50. The molecule has 6 nitrogen and oxygen atoms in total. The summed E-state index contributed by atoms with van der Waals surface area (Å²) in [6, 6.07) is 3.03. The molecule has 0 heterocycles. The number of carboxylic acid groups (broad SMARTS) is 1. The van der Waals surface area contributed by atoms with E-state index in [1.54, 1.807) is 6.07 Å². The van der Waals surface area contributed by atoms with E-state index in [-0.39, 0.29) is 5.69 Å². The predicted octanol–water partition coefficient (Wildman–Crippen LogP) is 2.05. The van der Waals surface area contributed by atoms with Gasteiger partial charge in [-0.2, -0.15) is 0 Å². The summed E-state index contributed by atoms with van der Waals surface area (Å²) in [6.07, 6.45) is 0. The first-order valence-corrected chi connectivity index (χ1v) is 7.74. The van der Waals surface area contributed by atoms with E-state index in [1.807, 2.05) is 0 Å². The maximum atomic E-state index is 11.5. The first-order chi connectivity index (χ1) is 8.25. The molecule has 0 aliphatic rings. The van der Waals surface area contributed by atoms with Crippen molar-refractivity contribution in [1.82, 2.24) is 0 Å². The zero-order valence-electron chi connectivity index (χ0n) is 9.11. The number of sulfonamides is 1. The SMILES string of the molecule is COc1cc(NS(=O)(=O)CC(=O)O)c(Br)cc1Br. The van der Waals surface area contributed by atoms with Gasteiger partial charge in [-0.3, -0.25) is 9.52 Å². The molecular weight excluding hydrogens is 394 g/mol. The highest BCUT2D eigenvalue weighted by atomic mass is 79.9. The monoisotopic (exact) mass is 401 g/mol. The zero-order chi connectivity index (χ0) is 13.9. The summed E-state index contributed by atoms with van der Waals surface area (Å²) in [7, 11) is -2.51. The fraction of sp³-hybridized carbons (Fsp3) is 0.222. The van der Waals surface area contributed by atoms with Gasteiger partial charge in [-0.15, -0.1) is 0 Å². The highest BCUT2D eigenvalue weighted by molar-refractivity contribution is 9.11. The van der Waals surface area contributed by atoms with Gasteiger partial charge in [0.1, 0.15) is 5.75 Å². The quantitative estimate of drug-likeness (QED) is 0.786. The van der Waals surface area contributed by atoms with Crippen LogP contribution in [0.5, 0.6) is 5.75 Å². The molecule has 0 fully saturated rings. The average molecular weight is 403 g/mol. The van der Waals surface area contributed by atoms with Crippen LogP contribution in [0.4, 0.5) is 5.69 Å². The lowest BCUT2D eigenvalue weighted by Gasteiger charge is -2.11. The van der Waals surface area contributed by atoms with Gasteiger partial charge in [0.05, 0.1) is 17.3 Å². The third kappa shape index (κ3) is 4.14. The number of rotatable bonds is 5. The molecule has 0 saturated heterocycles. The molecule has 18 heavy (non-hydrogen) atoms. The van der Waals surface area contributed by atoms with Gasteiger partial charge >= 0.3 is 5.97 Å². The van der Waals surface area contributed by atoms with Crippen LogP contribution in [0.2, 0.25) is 0 Å². The molecule has 1 rings (SSSR count). The number of ether oxygens (including phenoxy) is 1. The Morgan fingerprint density at radius 1 is 1.39 bits per heavy atom. The molecular formula is C9H9Br2NO5S. The molecule has 0 spiro atoms. The van der Waals surface area contributed by atoms with Gasteiger partial charge in [-0.25, -0.2) is 8.42 Å². The van der Waals surface area contributed by atoms with E-state index in [9.17, 15) is 13.2 Å². The van der Waals surface area contributed by atoms with Crippen LogP contribution in [-0.4, -0.2) is 32.4 Å². The number of halogens is 2. The Hall–Kier alpha value is -0.800. The molecule has 9 heteroatoms. The Balaban J connectivity index is 3.08. The number of benzene rings is 1. The first kappa shape index (κ1) is 15.3. The van der Waals surface area contributed by atoms with E-state index in [2.05, 4.69) is 36.6 Å². The third-order valence-electron chi connectivity index (χ3n) is 1.82. The van der Waals surface area contributed by atoms with Crippen molar-refractivity contribution in [3.8, 4) is 5.75 Å². The van der Waals surface area contributed by atoms with Crippen LogP contribution in [0.25, 0.3) is 0 Å². The number of methoxy groups -OCH3 is 1. The lowest BCUT2D eigenvalue weighted by atomic mass is 10.3. The van der Waals surface area contributed by atoms with E-state index < -0.39 is 21.7 Å². The minimum atomic E-state index is -3.94. The van der Waals surface area contributed by atoms with Crippen LogP contribution in [-0.2, 0) is 14.8 Å². The maximum Gasteiger partial charge on any atom is 0.320 e. The fourth-order valence-electron chi connectivity index (χ4n) is 1.13. The zero-order valence-corrected chi connectivity index (χ0v) is 13.1. The number of aliphatic carboxylic acids is 1. The van der Waals surface area contributed by atoms with E-state index >= 15 is 0 Å². The molecule has 0 unspecified atom stereocenters. The van der Waals surface area contributed by atoms with Crippen molar-refractivity contribution in [2.24, 2.45) is 0 Å². The highest BCUT2D eigenvalue weighted by Crippen LogP contribution is 2.34. The Morgan fingerprint density at radius 2 is 2.00 bits per heavy atom. The largest absolute Gasteiger partial charge is 0.495 e. The lowest BCUT2D eigenvalue weighted by Crippen LogP contribution is -2.22. The van der Waals surface area contributed by atoms with Gasteiger partial charge in [-0.05, 0) is 37.9 Å². The van der Waals surface area contributed by atoms with Crippen molar-refractivity contribution in [2.45, 2.75) is 0 Å². The second kappa shape index (κ2) is 5.89.